The van der Waals surface area contributed by atoms with Crippen LogP contribution in [-0.2, 0) is 13.0 Å². The molecule has 1 heterocycles. The van der Waals surface area contributed by atoms with E-state index in [1.54, 1.807) is 6.20 Å². The fourth-order valence-electron chi connectivity index (χ4n) is 1.29. The Morgan fingerprint density at radius 1 is 1.50 bits per heavy atom. The van der Waals surface area contributed by atoms with E-state index in [0.717, 1.165) is 23.7 Å². The topological polar surface area (TPSA) is 43.8 Å². The summed E-state index contributed by atoms with van der Waals surface area (Å²) in [5.41, 5.74) is 6.70. The molecule has 14 heavy (non-hydrogen) atoms. The number of nitrogens with zero attached hydrogens (tertiary/aromatic N) is 2. The molecule has 0 amide bonds. The molecular weight excluding hydrogens is 198 g/mol. The van der Waals surface area contributed by atoms with Crippen molar-refractivity contribution in [3.63, 3.8) is 0 Å². The van der Waals surface area contributed by atoms with Gasteiger partial charge in [0.2, 0.25) is 0 Å². The van der Waals surface area contributed by atoms with Gasteiger partial charge in [-0.3, -0.25) is 4.68 Å². The highest BCUT2D eigenvalue weighted by Crippen LogP contribution is 2.22. The normalized spacial score (nSPS) is 12.1. The van der Waals surface area contributed by atoms with Crippen molar-refractivity contribution in [2.75, 3.05) is 6.54 Å². The maximum Gasteiger partial charge on any atom is 0.130 e. The number of halogens is 1. The van der Waals surface area contributed by atoms with Crippen molar-refractivity contribution in [1.82, 2.24) is 9.78 Å². The average molecular weight is 216 g/mol. The van der Waals surface area contributed by atoms with Gasteiger partial charge in [0.05, 0.1) is 6.20 Å². The molecule has 0 aliphatic heterocycles. The van der Waals surface area contributed by atoms with Gasteiger partial charge in [0, 0.05) is 12.1 Å². The Kier molecular flexibility index (Phi) is 3.56. The molecule has 0 aliphatic rings. The van der Waals surface area contributed by atoms with Gasteiger partial charge in [-0.2, -0.15) is 5.10 Å². The third-order valence-corrected chi connectivity index (χ3v) is 2.32. The molecular formula is C10H18ClN3. The Balaban J connectivity index is 2.79. The quantitative estimate of drug-likeness (QED) is 0.839. The molecule has 1 aromatic rings. The van der Waals surface area contributed by atoms with Gasteiger partial charge in [-0.05, 0) is 18.4 Å². The molecule has 0 unspecified atom stereocenters. The van der Waals surface area contributed by atoms with E-state index in [2.05, 4.69) is 25.9 Å². The zero-order valence-electron chi connectivity index (χ0n) is 9.05. The summed E-state index contributed by atoms with van der Waals surface area (Å²) in [6.45, 7) is 7.92. The second-order valence-electron chi connectivity index (χ2n) is 4.72. The monoisotopic (exact) mass is 215 g/mol. The number of hydrogen-bond acceptors (Lipinski definition) is 2. The van der Waals surface area contributed by atoms with Crippen LogP contribution in [0.3, 0.4) is 0 Å². The largest absolute Gasteiger partial charge is 0.330 e. The van der Waals surface area contributed by atoms with Crippen LogP contribution in [0.1, 0.15) is 26.3 Å². The lowest BCUT2D eigenvalue weighted by Crippen LogP contribution is -2.16. The van der Waals surface area contributed by atoms with E-state index in [9.17, 15) is 0 Å². The van der Waals surface area contributed by atoms with Gasteiger partial charge in [0.15, 0.2) is 0 Å². The molecule has 0 bridgehead atoms. The summed E-state index contributed by atoms with van der Waals surface area (Å²) in [6, 6.07) is 0. The zero-order chi connectivity index (χ0) is 10.8. The minimum absolute atomic E-state index is 0.190. The summed E-state index contributed by atoms with van der Waals surface area (Å²) in [7, 11) is 0. The van der Waals surface area contributed by atoms with Gasteiger partial charge < -0.3 is 5.73 Å². The van der Waals surface area contributed by atoms with Crippen molar-refractivity contribution < 1.29 is 0 Å². The SMILES string of the molecule is CC(C)(C)Cn1ncc(CCN)c1Cl. The van der Waals surface area contributed by atoms with Crippen LogP contribution in [0, 0.1) is 5.41 Å². The Labute approximate surface area is 90.2 Å². The Morgan fingerprint density at radius 2 is 2.14 bits per heavy atom. The molecule has 0 spiro atoms. The van der Waals surface area contributed by atoms with Gasteiger partial charge in [-0.15, -0.1) is 0 Å². The average Bonchev–Trinajstić information content (AvgIpc) is 2.34. The molecule has 0 saturated heterocycles. The number of nitrogens with two attached hydrogens (primary N) is 1. The fourth-order valence-corrected chi connectivity index (χ4v) is 1.54. The fraction of sp³-hybridized carbons (Fsp3) is 0.700. The van der Waals surface area contributed by atoms with Crippen LogP contribution < -0.4 is 5.73 Å². The van der Waals surface area contributed by atoms with Crippen LogP contribution >= 0.6 is 11.6 Å². The van der Waals surface area contributed by atoms with E-state index < -0.39 is 0 Å². The first-order valence-electron chi connectivity index (χ1n) is 4.84. The van der Waals surface area contributed by atoms with Gasteiger partial charge in [0.25, 0.3) is 0 Å². The maximum atomic E-state index is 6.15. The van der Waals surface area contributed by atoms with Gasteiger partial charge in [-0.25, -0.2) is 0 Å². The highest BCUT2D eigenvalue weighted by atomic mass is 35.5. The Hall–Kier alpha value is -0.540. The van der Waals surface area contributed by atoms with Crippen LogP contribution in [0.25, 0.3) is 0 Å². The van der Waals surface area contributed by atoms with E-state index >= 15 is 0 Å². The molecule has 1 rings (SSSR count). The molecule has 0 radical (unpaired) electrons. The second-order valence-corrected chi connectivity index (χ2v) is 5.08. The van der Waals surface area contributed by atoms with Crippen LogP contribution in [0.5, 0.6) is 0 Å². The van der Waals surface area contributed by atoms with E-state index in [4.69, 9.17) is 17.3 Å². The predicted octanol–water partition coefficient (Wildman–Crippen LogP) is 2.08. The molecule has 1 aromatic heterocycles. The number of hydrogen-bond donors (Lipinski definition) is 1. The lowest BCUT2D eigenvalue weighted by molar-refractivity contribution is 0.325. The minimum atomic E-state index is 0.190. The van der Waals surface area contributed by atoms with Crippen LogP contribution in [0.15, 0.2) is 6.20 Å². The zero-order valence-corrected chi connectivity index (χ0v) is 9.80. The van der Waals surface area contributed by atoms with Crippen LogP contribution in [0.4, 0.5) is 0 Å². The molecule has 3 nitrogen and oxygen atoms in total. The molecule has 4 heteroatoms. The molecule has 80 valence electrons. The lowest BCUT2D eigenvalue weighted by Gasteiger charge is -2.18. The molecule has 0 aromatic carbocycles. The van der Waals surface area contributed by atoms with Gasteiger partial charge >= 0.3 is 0 Å². The van der Waals surface area contributed by atoms with Crippen molar-refractivity contribution in [1.29, 1.82) is 0 Å². The highest BCUT2D eigenvalue weighted by Gasteiger charge is 2.15. The predicted molar refractivity (Wildman–Crippen MR) is 59.5 cm³/mol. The maximum absolute atomic E-state index is 6.15. The van der Waals surface area contributed by atoms with E-state index in [1.165, 1.54) is 0 Å². The third kappa shape index (κ3) is 3.00. The summed E-state index contributed by atoms with van der Waals surface area (Å²) in [5.74, 6) is 0. The lowest BCUT2D eigenvalue weighted by atomic mass is 9.97. The molecule has 2 N–H and O–H groups in total. The number of rotatable bonds is 3. The first-order chi connectivity index (χ1) is 6.44. The summed E-state index contributed by atoms with van der Waals surface area (Å²) < 4.78 is 1.84. The Morgan fingerprint density at radius 3 is 2.64 bits per heavy atom. The van der Waals surface area contributed by atoms with Crippen molar-refractivity contribution in [2.24, 2.45) is 11.1 Å². The van der Waals surface area contributed by atoms with E-state index in [1.807, 2.05) is 4.68 Å². The summed E-state index contributed by atoms with van der Waals surface area (Å²) >= 11 is 6.15. The smallest absolute Gasteiger partial charge is 0.130 e. The first-order valence-corrected chi connectivity index (χ1v) is 5.22. The van der Waals surface area contributed by atoms with Crippen molar-refractivity contribution >= 4 is 11.6 Å². The summed E-state index contributed by atoms with van der Waals surface area (Å²) in [6.07, 6.45) is 2.60. The third-order valence-electron chi connectivity index (χ3n) is 1.88. The molecule has 0 saturated carbocycles. The minimum Gasteiger partial charge on any atom is -0.330 e. The molecule has 0 atom stereocenters. The summed E-state index contributed by atoms with van der Waals surface area (Å²) in [5, 5.41) is 4.98. The second kappa shape index (κ2) is 4.32. The van der Waals surface area contributed by atoms with Gasteiger partial charge in [0.1, 0.15) is 5.15 Å². The van der Waals surface area contributed by atoms with Crippen molar-refractivity contribution in [3.8, 4) is 0 Å². The van der Waals surface area contributed by atoms with Crippen LogP contribution in [0.2, 0.25) is 5.15 Å². The van der Waals surface area contributed by atoms with Crippen LogP contribution in [-0.4, -0.2) is 16.3 Å². The van der Waals surface area contributed by atoms with Gasteiger partial charge in [-0.1, -0.05) is 32.4 Å². The Bertz CT molecular complexity index is 299. The van der Waals surface area contributed by atoms with E-state index in [0.29, 0.717) is 6.54 Å². The summed E-state index contributed by atoms with van der Waals surface area (Å²) in [4.78, 5) is 0. The van der Waals surface area contributed by atoms with Crippen molar-refractivity contribution in [3.05, 3.63) is 16.9 Å². The number of aromatic nitrogens is 2. The van der Waals surface area contributed by atoms with E-state index in [-0.39, 0.29) is 5.41 Å². The molecule has 0 aliphatic carbocycles. The van der Waals surface area contributed by atoms with Crippen molar-refractivity contribution in [2.45, 2.75) is 33.7 Å². The first kappa shape index (κ1) is 11.5. The highest BCUT2D eigenvalue weighted by molar-refractivity contribution is 6.30. The molecule has 0 fully saturated rings. The standard InChI is InChI=1S/C10H18ClN3/c1-10(2,3)7-14-9(11)8(4-5-12)6-13-14/h6H,4-5,7,12H2,1-3H3.